The highest BCUT2D eigenvalue weighted by Gasteiger charge is 2.33. The van der Waals surface area contributed by atoms with Crippen molar-refractivity contribution in [2.24, 2.45) is 11.8 Å². The number of carbonyl (C=O) groups is 4. The predicted octanol–water partition coefficient (Wildman–Crippen LogP) is 1.37. The monoisotopic (exact) mass is 326 g/mol. The highest BCUT2D eigenvalue weighted by molar-refractivity contribution is 6.00. The van der Waals surface area contributed by atoms with Crippen molar-refractivity contribution in [3.63, 3.8) is 0 Å². The third kappa shape index (κ3) is 4.94. The average Bonchev–Trinajstić information content (AvgIpc) is 2.48. The number of allylic oxidation sites excluding steroid dienone is 1. The van der Waals surface area contributed by atoms with E-state index in [1.807, 2.05) is 0 Å². The molecule has 0 bridgehead atoms. The van der Waals surface area contributed by atoms with Crippen molar-refractivity contribution in [3.05, 3.63) is 23.3 Å². The van der Waals surface area contributed by atoms with Crippen LogP contribution in [-0.2, 0) is 19.2 Å². The summed E-state index contributed by atoms with van der Waals surface area (Å²) in [6.45, 7) is 0. The lowest BCUT2D eigenvalue weighted by atomic mass is 9.84. The summed E-state index contributed by atoms with van der Waals surface area (Å²) in [5.41, 5.74) is -0.676. The van der Waals surface area contributed by atoms with Crippen LogP contribution in [0.25, 0.3) is 0 Å². The molecule has 0 aromatic heterocycles. The van der Waals surface area contributed by atoms with Gasteiger partial charge in [-0.15, -0.1) is 0 Å². The summed E-state index contributed by atoms with van der Waals surface area (Å²) in [6.07, 6.45) is 2.60. The highest BCUT2D eigenvalue weighted by Crippen LogP contribution is 2.27. The maximum Gasteiger partial charge on any atom is 0.336 e. The number of hydrogen-bond donors (Lipinski definition) is 4. The maximum atomic E-state index is 11.3. The van der Waals surface area contributed by atoms with E-state index in [0.717, 1.165) is 6.08 Å². The molecule has 0 fully saturated rings. The van der Waals surface area contributed by atoms with E-state index in [4.69, 9.17) is 10.2 Å². The number of rotatable bonds is 4. The van der Waals surface area contributed by atoms with Crippen LogP contribution in [-0.4, -0.2) is 44.3 Å². The van der Waals surface area contributed by atoms with E-state index in [-0.39, 0.29) is 43.3 Å². The van der Waals surface area contributed by atoms with Crippen LogP contribution in [0.1, 0.15) is 32.1 Å². The van der Waals surface area contributed by atoms with Crippen molar-refractivity contribution in [2.45, 2.75) is 32.1 Å². The molecular formula is C15H18O8. The summed E-state index contributed by atoms with van der Waals surface area (Å²) in [6, 6.07) is 0. The molecule has 2 atom stereocenters. The summed E-state index contributed by atoms with van der Waals surface area (Å²) in [5.74, 6) is -7.48. The van der Waals surface area contributed by atoms with Crippen LogP contribution in [0.5, 0.6) is 0 Å². The van der Waals surface area contributed by atoms with E-state index >= 15 is 0 Å². The zero-order chi connectivity index (χ0) is 17.6. The lowest BCUT2D eigenvalue weighted by Gasteiger charge is -2.19. The van der Waals surface area contributed by atoms with Crippen molar-refractivity contribution in [2.75, 3.05) is 0 Å². The molecule has 1 rings (SSSR count). The van der Waals surface area contributed by atoms with Crippen molar-refractivity contribution >= 4 is 23.9 Å². The van der Waals surface area contributed by atoms with Gasteiger partial charge in [0.25, 0.3) is 0 Å². The molecule has 126 valence electrons. The van der Waals surface area contributed by atoms with Crippen LogP contribution in [0.4, 0.5) is 0 Å². The minimum atomic E-state index is -1.39. The minimum Gasteiger partial charge on any atom is -0.481 e. The quantitative estimate of drug-likeness (QED) is 0.605. The Balaban J connectivity index is 3.17. The van der Waals surface area contributed by atoms with Crippen molar-refractivity contribution < 1.29 is 39.6 Å². The molecule has 0 saturated carbocycles. The van der Waals surface area contributed by atoms with Gasteiger partial charge in [0.05, 0.1) is 23.0 Å². The van der Waals surface area contributed by atoms with Gasteiger partial charge in [-0.3, -0.25) is 9.59 Å². The fraction of sp³-hybridized carbons (Fsp3) is 0.467. The molecule has 8 heteroatoms. The second kappa shape index (κ2) is 8.11. The smallest absolute Gasteiger partial charge is 0.336 e. The maximum absolute atomic E-state index is 11.3. The van der Waals surface area contributed by atoms with Gasteiger partial charge in [-0.1, -0.05) is 12.2 Å². The van der Waals surface area contributed by atoms with E-state index in [1.54, 1.807) is 0 Å². The van der Waals surface area contributed by atoms with Gasteiger partial charge >= 0.3 is 23.9 Å². The van der Waals surface area contributed by atoms with Crippen LogP contribution in [0.3, 0.4) is 0 Å². The molecule has 0 spiro atoms. The van der Waals surface area contributed by atoms with E-state index < -0.39 is 35.7 Å². The predicted molar refractivity (Wildman–Crippen MR) is 76.8 cm³/mol. The van der Waals surface area contributed by atoms with Crippen LogP contribution >= 0.6 is 0 Å². The molecule has 0 heterocycles. The standard InChI is InChI=1S/C15H18O8/c16-12(17)8-4-1-2-5-9(13(18)19)11(15(22)23)7-3-6-10(8)14(20)21/h1,4,9,11H,2-3,5-7H2,(H,16,17)(H,18,19)(H,20,21)(H,22,23)/b4-1+,10-8-. The second-order valence-electron chi connectivity index (χ2n) is 5.26. The van der Waals surface area contributed by atoms with Crippen molar-refractivity contribution in [3.8, 4) is 0 Å². The van der Waals surface area contributed by atoms with E-state index in [2.05, 4.69) is 0 Å². The van der Waals surface area contributed by atoms with E-state index in [9.17, 15) is 29.4 Å². The average molecular weight is 326 g/mol. The fourth-order valence-corrected chi connectivity index (χ4v) is 2.63. The molecule has 1 aliphatic carbocycles. The summed E-state index contributed by atoms with van der Waals surface area (Å²) in [7, 11) is 0. The normalized spacial score (nSPS) is 27.5. The van der Waals surface area contributed by atoms with E-state index in [0.29, 0.717) is 0 Å². The summed E-state index contributed by atoms with van der Waals surface area (Å²) >= 11 is 0. The van der Waals surface area contributed by atoms with Crippen LogP contribution in [0.2, 0.25) is 0 Å². The molecule has 0 aromatic rings. The molecule has 8 nitrogen and oxygen atoms in total. The SMILES string of the molecule is O=C(O)C1=C(\C(=O)O)CCCC(C(=O)O)C(C(=O)O)CC\C=C\1. The lowest BCUT2D eigenvalue weighted by molar-refractivity contribution is -0.154. The molecule has 4 N–H and O–H groups in total. The molecule has 23 heavy (non-hydrogen) atoms. The molecule has 0 aliphatic heterocycles. The molecule has 0 saturated heterocycles. The van der Waals surface area contributed by atoms with E-state index in [1.165, 1.54) is 6.08 Å². The Morgan fingerprint density at radius 1 is 0.870 bits per heavy atom. The van der Waals surface area contributed by atoms with Crippen LogP contribution in [0, 0.1) is 11.8 Å². The van der Waals surface area contributed by atoms with Gasteiger partial charge in [-0.05, 0) is 32.1 Å². The number of carboxylic acid groups (broad SMARTS) is 4. The Kier molecular flexibility index (Phi) is 6.49. The largest absolute Gasteiger partial charge is 0.481 e. The molecule has 0 aromatic carbocycles. The first-order chi connectivity index (χ1) is 10.8. The highest BCUT2D eigenvalue weighted by atomic mass is 16.4. The van der Waals surface area contributed by atoms with Gasteiger partial charge in [-0.25, -0.2) is 9.59 Å². The second-order valence-corrected chi connectivity index (χ2v) is 5.26. The third-order valence-electron chi connectivity index (χ3n) is 3.80. The first-order valence-electron chi connectivity index (χ1n) is 7.07. The third-order valence-corrected chi connectivity index (χ3v) is 3.80. The van der Waals surface area contributed by atoms with Gasteiger partial charge in [0.15, 0.2) is 0 Å². The summed E-state index contributed by atoms with van der Waals surface area (Å²) < 4.78 is 0. The summed E-state index contributed by atoms with van der Waals surface area (Å²) in [4.78, 5) is 45.0. The van der Waals surface area contributed by atoms with Gasteiger partial charge < -0.3 is 20.4 Å². The molecule has 0 amide bonds. The fourth-order valence-electron chi connectivity index (χ4n) is 2.63. The number of aliphatic carboxylic acids is 4. The minimum absolute atomic E-state index is 0.0318. The Morgan fingerprint density at radius 2 is 1.43 bits per heavy atom. The van der Waals surface area contributed by atoms with Gasteiger partial charge in [0.2, 0.25) is 0 Å². The number of carboxylic acids is 4. The lowest BCUT2D eigenvalue weighted by Crippen LogP contribution is -2.30. The van der Waals surface area contributed by atoms with Crippen LogP contribution in [0.15, 0.2) is 23.3 Å². The zero-order valence-corrected chi connectivity index (χ0v) is 12.3. The summed E-state index contributed by atoms with van der Waals surface area (Å²) in [5, 5.41) is 36.7. The van der Waals surface area contributed by atoms with Gasteiger partial charge in [0.1, 0.15) is 0 Å². The van der Waals surface area contributed by atoms with Gasteiger partial charge in [0, 0.05) is 0 Å². The molecule has 1 aliphatic rings. The molecule has 0 radical (unpaired) electrons. The Labute approximate surface area is 131 Å². The number of hydrogen-bond acceptors (Lipinski definition) is 4. The molecule has 2 unspecified atom stereocenters. The Hall–Kier alpha value is -2.64. The first kappa shape index (κ1) is 18.4. The van der Waals surface area contributed by atoms with Crippen molar-refractivity contribution in [1.82, 2.24) is 0 Å². The van der Waals surface area contributed by atoms with Crippen LogP contribution < -0.4 is 0 Å². The topological polar surface area (TPSA) is 149 Å². The first-order valence-corrected chi connectivity index (χ1v) is 7.07. The molecular weight excluding hydrogens is 308 g/mol. The van der Waals surface area contributed by atoms with Gasteiger partial charge in [-0.2, -0.15) is 0 Å². The van der Waals surface area contributed by atoms with Crippen molar-refractivity contribution in [1.29, 1.82) is 0 Å². The zero-order valence-electron chi connectivity index (χ0n) is 12.3. The Morgan fingerprint density at radius 3 is 1.91 bits per heavy atom. The Bertz CT molecular complexity index is 572.